The highest BCUT2D eigenvalue weighted by molar-refractivity contribution is 7.09. The van der Waals surface area contributed by atoms with Crippen molar-refractivity contribution in [3.05, 3.63) is 5.82 Å². The normalized spacial score (nSPS) is 11.7. The summed E-state index contributed by atoms with van der Waals surface area (Å²) in [6.07, 6.45) is 0. The summed E-state index contributed by atoms with van der Waals surface area (Å²) < 4.78 is 16.3. The van der Waals surface area contributed by atoms with Gasteiger partial charge in [-0.3, -0.25) is 0 Å². The van der Waals surface area contributed by atoms with Crippen molar-refractivity contribution in [2.75, 3.05) is 12.0 Å². The van der Waals surface area contributed by atoms with Crippen molar-refractivity contribution in [3.8, 4) is 0 Å². The minimum Gasteiger partial charge on any atom is -0.353 e. The predicted octanol–water partition coefficient (Wildman–Crippen LogP) is 2.01. The number of halogens is 1. The molecule has 0 aliphatic rings. The summed E-state index contributed by atoms with van der Waals surface area (Å²) in [6.45, 7) is 4.95. The Morgan fingerprint density at radius 3 is 2.67 bits per heavy atom. The first-order chi connectivity index (χ1) is 5.53. The molecule has 0 aliphatic carbocycles. The van der Waals surface area contributed by atoms with E-state index >= 15 is 0 Å². The molecule has 0 atom stereocenters. The highest BCUT2D eigenvalue weighted by Crippen LogP contribution is 2.16. The Morgan fingerprint density at radius 1 is 1.58 bits per heavy atom. The van der Waals surface area contributed by atoms with E-state index in [9.17, 15) is 4.39 Å². The molecule has 12 heavy (non-hydrogen) atoms. The van der Waals surface area contributed by atoms with Crippen LogP contribution in [-0.4, -0.2) is 21.6 Å². The van der Waals surface area contributed by atoms with Gasteiger partial charge in [-0.15, -0.1) is 0 Å². The Labute approximate surface area is 75.2 Å². The van der Waals surface area contributed by atoms with Crippen molar-refractivity contribution in [1.29, 1.82) is 0 Å². The first-order valence-electron chi connectivity index (χ1n) is 3.68. The van der Waals surface area contributed by atoms with Gasteiger partial charge in [-0.1, -0.05) is 0 Å². The first kappa shape index (κ1) is 9.38. The summed E-state index contributed by atoms with van der Waals surface area (Å²) >= 11 is 1.25. The summed E-state index contributed by atoms with van der Waals surface area (Å²) in [6, 6.07) is 0. The highest BCUT2D eigenvalue weighted by atomic mass is 32.1. The topological polar surface area (TPSA) is 37.8 Å². The van der Waals surface area contributed by atoms with E-state index in [2.05, 4.69) is 14.7 Å². The molecule has 0 spiro atoms. The Balaban J connectivity index is 2.63. The molecule has 5 heteroatoms. The number of aryl methyl sites for hydroxylation is 1. The van der Waals surface area contributed by atoms with Crippen LogP contribution < -0.4 is 5.32 Å². The highest BCUT2D eigenvalue weighted by Gasteiger charge is 2.18. The SMILES string of the molecule is Cc1nsc(NC(C)(C)CF)n1. The molecular weight excluding hydrogens is 177 g/mol. The van der Waals surface area contributed by atoms with Crippen LogP contribution in [0.4, 0.5) is 9.52 Å². The van der Waals surface area contributed by atoms with E-state index in [4.69, 9.17) is 0 Å². The quantitative estimate of drug-likeness (QED) is 0.790. The van der Waals surface area contributed by atoms with E-state index in [1.807, 2.05) is 6.92 Å². The van der Waals surface area contributed by atoms with Crippen LogP contribution in [0.3, 0.4) is 0 Å². The van der Waals surface area contributed by atoms with Crippen LogP contribution in [0.5, 0.6) is 0 Å². The fourth-order valence-electron chi connectivity index (χ4n) is 0.671. The molecule has 0 amide bonds. The third-order valence-corrected chi connectivity index (χ3v) is 2.03. The minimum atomic E-state index is -0.550. The zero-order chi connectivity index (χ0) is 9.19. The molecule has 1 aromatic heterocycles. The monoisotopic (exact) mass is 189 g/mol. The van der Waals surface area contributed by atoms with Crippen LogP contribution in [0, 0.1) is 6.92 Å². The maximum atomic E-state index is 12.4. The lowest BCUT2D eigenvalue weighted by Crippen LogP contribution is -2.33. The number of aromatic nitrogens is 2. The number of nitrogens with one attached hydrogen (secondary N) is 1. The molecule has 3 nitrogen and oxygen atoms in total. The molecule has 0 unspecified atom stereocenters. The Kier molecular flexibility index (Phi) is 2.62. The molecule has 68 valence electrons. The van der Waals surface area contributed by atoms with Crippen LogP contribution in [0.2, 0.25) is 0 Å². The minimum absolute atomic E-state index is 0.425. The van der Waals surface area contributed by atoms with Gasteiger partial charge < -0.3 is 5.32 Å². The fourth-order valence-corrected chi connectivity index (χ4v) is 1.43. The summed E-state index contributed by atoms with van der Waals surface area (Å²) in [4.78, 5) is 4.07. The van der Waals surface area contributed by atoms with Gasteiger partial charge in [0.25, 0.3) is 0 Å². The van der Waals surface area contributed by atoms with E-state index < -0.39 is 12.2 Å². The van der Waals surface area contributed by atoms with E-state index in [1.165, 1.54) is 11.5 Å². The number of nitrogens with zero attached hydrogens (tertiary/aromatic N) is 2. The lowest BCUT2D eigenvalue weighted by molar-refractivity contribution is 0.375. The van der Waals surface area contributed by atoms with Crippen molar-refractivity contribution in [1.82, 2.24) is 9.36 Å². The van der Waals surface area contributed by atoms with Gasteiger partial charge in [0, 0.05) is 11.5 Å². The largest absolute Gasteiger partial charge is 0.353 e. The number of hydrogen-bond acceptors (Lipinski definition) is 4. The van der Waals surface area contributed by atoms with Gasteiger partial charge in [-0.2, -0.15) is 4.37 Å². The average Bonchev–Trinajstić information content (AvgIpc) is 2.35. The van der Waals surface area contributed by atoms with E-state index in [0.717, 1.165) is 5.82 Å². The maximum absolute atomic E-state index is 12.4. The third-order valence-electron chi connectivity index (χ3n) is 1.31. The molecular formula is C7H12FN3S. The van der Waals surface area contributed by atoms with Crippen LogP contribution in [0.1, 0.15) is 19.7 Å². The van der Waals surface area contributed by atoms with Crippen LogP contribution >= 0.6 is 11.5 Å². The molecule has 0 saturated heterocycles. The third kappa shape index (κ3) is 2.41. The van der Waals surface area contributed by atoms with Crippen LogP contribution in [0.25, 0.3) is 0 Å². The van der Waals surface area contributed by atoms with Crippen molar-refractivity contribution >= 4 is 16.7 Å². The summed E-state index contributed by atoms with van der Waals surface area (Å²) in [5.41, 5.74) is -0.550. The number of hydrogen-bond donors (Lipinski definition) is 1. The molecule has 1 rings (SSSR count). The molecule has 1 heterocycles. The van der Waals surface area contributed by atoms with E-state index in [-0.39, 0.29) is 0 Å². The Bertz CT molecular complexity index is 259. The molecule has 0 aromatic carbocycles. The molecule has 0 radical (unpaired) electrons. The lowest BCUT2D eigenvalue weighted by Gasteiger charge is -2.20. The molecule has 0 bridgehead atoms. The predicted molar refractivity (Wildman–Crippen MR) is 48.3 cm³/mol. The van der Waals surface area contributed by atoms with E-state index in [1.54, 1.807) is 13.8 Å². The van der Waals surface area contributed by atoms with Gasteiger partial charge in [-0.25, -0.2) is 9.37 Å². The summed E-state index contributed by atoms with van der Waals surface area (Å²) in [5, 5.41) is 3.63. The summed E-state index contributed by atoms with van der Waals surface area (Å²) in [5.74, 6) is 0.720. The van der Waals surface area contributed by atoms with Crippen molar-refractivity contribution < 1.29 is 4.39 Å². The van der Waals surface area contributed by atoms with Gasteiger partial charge in [-0.05, 0) is 20.8 Å². The molecule has 0 saturated carbocycles. The van der Waals surface area contributed by atoms with Gasteiger partial charge in [0.15, 0.2) is 0 Å². The smallest absolute Gasteiger partial charge is 0.203 e. The molecule has 0 fully saturated rings. The zero-order valence-electron chi connectivity index (χ0n) is 7.39. The molecule has 1 aromatic rings. The van der Waals surface area contributed by atoms with E-state index in [0.29, 0.717) is 5.13 Å². The van der Waals surface area contributed by atoms with Crippen molar-refractivity contribution in [3.63, 3.8) is 0 Å². The maximum Gasteiger partial charge on any atom is 0.203 e. The zero-order valence-corrected chi connectivity index (χ0v) is 8.20. The first-order valence-corrected chi connectivity index (χ1v) is 4.45. The second-order valence-corrected chi connectivity index (χ2v) is 4.04. The van der Waals surface area contributed by atoms with Gasteiger partial charge in [0.05, 0.1) is 5.54 Å². The number of anilines is 1. The van der Waals surface area contributed by atoms with Crippen LogP contribution in [0.15, 0.2) is 0 Å². The van der Waals surface area contributed by atoms with Gasteiger partial charge >= 0.3 is 0 Å². The Hall–Kier alpha value is -0.710. The second-order valence-electron chi connectivity index (χ2n) is 3.29. The number of alkyl halides is 1. The summed E-state index contributed by atoms with van der Waals surface area (Å²) in [7, 11) is 0. The number of rotatable bonds is 3. The van der Waals surface area contributed by atoms with Crippen LogP contribution in [-0.2, 0) is 0 Å². The lowest BCUT2D eigenvalue weighted by atomic mass is 10.1. The standard InChI is InChI=1S/C7H12FN3S/c1-5-9-6(12-11-5)10-7(2,3)4-8/h4H2,1-3H3,(H,9,10,11). The molecule has 1 N–H and O–H groups in total. The van der Waals surface area contributed by atoms with Gasteiger partial charge in [0.2, 0.25) is 5.13 Å². The Morgan fingerprint density at radius 2 is 2.25 bits per heavy atom. The van der Waals surface area contributed by atoms with Crippen molar-refractivity contribution in [2.24, 2.45) is 0 Å². The fraction of sp³-hybridized carbons (Fsp3) is 0.714. The average molecular weight is 189 g/mol. The molecule has 0 aliphatic heterocycles. The second kappa shape index (κ2) is 3.35. The van der Waals surface area contributed by atoms with Gasteiger partial charge in [0.1, 0.15) is 12.5 Å². The van der Waals surface area contributed by atoms with Crippen molar-refractivity contribution in [2.45, 2.75) is 26.3 Å².